The highest BCUT2D eigenvalue weighted by Gasteiger charge is 2.08. The van der Waals surface area contributed by atoms with Crippen LogP contribution in [0.2, 0.25) is 0 Å². The Hall–Kier alpha value is -0.580. The smallest absolute Gasteiger partial charge is 0.210 e. The Morgan fingerprint density at radius 3 is 3.00 bits per heavy atom. The maximum Gasteiger partial charge on any atom is 0.210 e. The van der Waals surface area contributed by atoms with Gasteiger partial charge >= 0.3 is 0 Å². The van der Waals surface area contributed by atoms with E-state index in [1.165, 1.54) is 11.3 Å². The largest absolute Gasteiger partial charge is 0.285 e. The first-order valence-electron chi connectivity index (χ1n) is 3.92. The normalized spacial score (nSPS) is 10.6. The lowest BCUT2D eigenvalue weighted by Gasteiger charge is -1.88. The number of carbonyl (C=O) groups is 1. The van der Waals surface area contributed by atoms with E-state index in [0.717, 1.165) is 26.3 Å². The zero-order chi connectivity index (χ0) is 9.97. The number of hydrogen-bond donors (Lipinski definition) is 0. The van der Waals surface area contributed by atoms with Crippen LogP contribution in [0.3, 0.4) is 0 Å². The second-order valence-corrected chi connectivity index (χ2v) is 5.16. The number of para-hydroxylation sites is 1. The van der Waals surface area contributed by atoms with Crippen LogP contribution < -0.4 is 0 Å². The molecule has 0 amide bonds. The predicted molar refractivity (Wildman–Crippen MR) is 61.2 cm³/mol. The maximum absolute atomic E-state index is 11.1. The van der Waals surface area contributed by atoms with E-state index in [2.05, 4.69) is 4.98 Å². The zero-order valence-corrected chi connectivity index (χ0v) is 9.46. The van der Waals surface area contributed by atoms with Crippen LogP contribution >= 0.6 is 34.7 Å². The highest BCUT2D eigenvalue weighted by molar-refractivity contribution is 8.15. The molecule has 5 heteroatoms. The molecule has 0 radical (unpaired) electrons. The molecule has 0 bridgehead atoms. The molecule has 0 fully saturated rings. The molecule has 0 aliphatic rings. The number of fused-ring (bicyclic) bond motifs is 1. The monoisotopic (exact) mass is 243 g/mol. The average Bonchev–Trinajstić information content (AvgIpc) is 2.59. The van der Waals surface area contributed by atoms with Gasteiger partial charge < -0.3 is 0 Å². The number of thioether (sulfide) groups is 1. The summed E-state index contributed by atoms with van der Waals surface area (Å²) in [6, 6.07) is 7.81. The molecule has 2 aromatic rings. The molecule has 0 aliphatic carbocycles. The molecule has 1 heterocycles. The van der Waals surface area contributed by atoms with Crippen molar-refractivity contribution in [2.45, 2.75) is 4.34 Å². The molecule has 0 aliphatic heterocycles. The minimum Gasteiger partial charge on any atom is -0.285 e. The SMILES string of the molecule is O=C(CCl)Sc1nc2ccccc2s1. The van der Waals surface area contributed by atoms with Gasteiger partial charge in [-0.1, -0.05) is 12.1 Å². The number of hydrogen-bond acceptors (Lipinski definition) is 4. The van der Waals surface area contributed by atoms with Crippen LogP contribution in [0.4, 0.5) is 0 Å². The Labute approximate surface area is 94.3 Å². The van der Waals surface area contributed by atoms with Gasteiger partial charge in [0, 0.05) is 0 Å². The molecule has 72 valence electrons. The molecule has 0 atom stereocenters. The number of rotatable bonds is 2. The molecule has 1 aromatic carbocycles. The van der Waals surface area contributed by atoms with E-state index in [-0.39, 0.29) is 11.0 Å². The first-order chi connectivity index (χ1) is 6.79. The number of nitrogens with zero attached hydrogens (tertiary/aromatic N) is 1. The summed E-state index contributed by atoms with van der Waals surface area (Å²) < 4.78 is 1.86. The summed E-state index contributed by atoms with van der Waals surface area (Å²) in [5, 5.41) is -0.0641. The summed E-state index contributed by atoms with van der Waals surface area (Å²) in [6.45, 7) is 0. The van der Waals surface area contributed by atoms with E-state index >= 15 is 0 Å². The number of thiazole rings is 1. The summed E-state index contributed by atoms with van der Waals surface area (Å²) in [6.07, 6.45) is 0. The minimum absolute atomic E-state index is 0.0284. The Kier molecular flexibility index (Phi) is 3.05. The van der Waals surface area contributed by atoms with Crippen molar-refractivity contribution in [3.05, 3.63) is 24.3 Å². The summed E-state index contributed by atoms with van der Waals surface area (Å²) >= 11 is 8.03. The predicted octanol–water partition coefficient (Wildman–Crippen LogP) is 3.15. The minimum atomic E-state index is -0.0641. The molecule has 2 rings (SSSR count). The third-order valence-electron chi connectivity index (χ3n) is 1.58. The Morgan fingerprint density at radius 2 is 2.29 bits per heavy atom. The Morgan fingerprint density at radius 1 is 1.50 bits per heavy atom. The fourth-order valence-electron chi connectivity index (χ4n) is 1.02. The molecule has 2 nitrogen and oxygen atoms in total. The van der Waals surface area contributed by atoms with Gasteiger partial charge in [0.05, 0.1) is 16.1 Å². The first-order valence-corrected chi connectivity index (χ1v) is 6.08. The van der Waals surface area contributed by atoms with Gasteiger partial charge in [-0.05, 0) is 23.9 Å². The van der Waals surface area contributed by atoms with Gasteiger partial charge in [0.1, 0.15) is 0 Å². The fraction of sp³-hybridized carbons (Fsp3) is 0.111. The third-order valence-corrected chi connectivity index (χ3v) is 3.95. The summed E-state index contributed by atoms with van der Waals surface area (Å²) in [5.74, 6) is 0.0284. The van der Waals surface area contributed by atoms with E-state index in [9.17, 15) is 4.79 Å². The number of aromatic nitrogens is 1. The van der Waals surface area contributed by atoms with Crippen LogP contribution in [0.1, 0.15) is 0 Å². The average molecular weight is 244 g/mol. The van der Waals surface area contributed by atoms with Crippen molar-refractivity contribution in [1.82, 2.24) is 4.98 Å². The van der Waals surface area contributed by atoms with E-state index < -0.39 is 0 Å². The highest BCUT2D eigenvalue weighted by Crippen LogP contribution is 2.29. The van der Waals surface area contributed by atoms with Crippen molar-refractivity contribution < 1.29 is 4.79 Å². The molecular formula is C9H6ClNOS2. The third kappa shape index (κ3) is 2.08. The molecule has 14 heavy (non-hydrogen) atoms. The molecule has 0 unspecified atom stereocenters. The van der Waals surface area contributed by atoms with Gasteiger partial charge in [-0.3, -0.25) is 4.79 Å². The standard InChI is InChI=1S/C9H6ClNOS2/c10-5-8(12)14-9-11-6-3-1-2-4-7(6)13-9/h1-4H,5H2. The number of benzene rings is 1. The van der Waals surface area contributed by atoms with Gasteiger partial charge in [-0.25, -0.2) is 4.98 Å². The summed E-state index contributed by atoms with van der Waals surface area (Å²) in [5.41, 5.74) is 0.933. The second kappa shape index (κ2) is 4.29. The Bertz CT molecular complexity index is 436. The van der Waals surface area contributed by atoms with Gasteiger partial charge in [0.15, 0.2) is 4.34 Å². The van der Waals surface area contributed by atoms with Crippen LogP contribution in [0.25, 0.3) is 10.2 Å². The molecule has 0 saturated heterocycles. The number of halogens is 1. The molecule has 0 saturated carbocycles. The lowest BCUT2D eigenvalue weighted by molar-refractivity contribution is -0.108. The second-order valence-electron chi connectivity index (χ2n) is 2.56. The van der Waals surface area contributed by atoms with Gasteiger partial charge in [-0.2, -0.15) is 0 Å². The fourth-order valence-corrected chi connectivity index (χ4v) is 2.99. The van der Waals surface area contributed by atoms with E-state index in [1.54, 1.807) is 0 Å². The maximum atomic E-state index is 11.1. The lowest BCUT2D eigenvalue weighted by atomic mass is 10.3. The topological polar surface area (TPSA) is 30.0 Å². The van der Waals surface area contributed by atoms with Gasteiger partial charge in [-0.15, -0.1) is 22.9 Å². The van der Waals surface area contributed by atoms with Crippen molar-refractivity contribution in [2.75, 3.05) is 5.88 Å². The van der Waals surface area contributed by atoms with Crippen molar-refractivity contribution in [2.24, 2.45) is 0 Å². The molecule has 0 N–H and O–H groups in total. The number of alkyl halides is 1. The van der Waals surface area contributed by atoms with Crippen molar-refractivity contribution in [3.63, 3.8) is 0 Å². The Balaban J connectivity index is 2.31. The zero-order valence-electron chi connectivity index (χ0n) is 7.07. The summed E-state index contributed by atoms with van der Waals surface area (Å²) in [7, 11) is 0. The van der Waals surface area contributed by atoms with Crippen molar-refractivity contribution in [3.8, 4) is 0 Å². The van der Waals surface area contributed by atoms with Crippen LogP contribution in [0, 0.1) is 0 Å². The molecular weight excluding hydrogens is 238 g/mol. The van der Waals surface area contributed by atoms with Gasteiger partial charge in [0.25, 0.3) is 0 Å². The van der Waals surface area contributed by atoms with Crippen molar-refractivity contribution >= 4 is 50.0 Å². The number of carbonyl (C=O) groups excluding carboxylic acids is 1. The van der Waals surface area contributed by atoms with Gasteiger partial charge in [0.2, 0.25) is 5.12 Å². The molecule has 1 aromatic heterocycles. The lowest BCUT2D eigenvalue weighted by Crippen LogP contribution is -1.90. The quantitative estimate of drug-likeness (QED) is 0.600. The first kappa shape index (κ1) is 9.96. The van der Waals surface area contributed by atoms with Crippen molar-refractivity contribution in [1.29, 1.82) is 0 Å². The van der Waals surface area contributed by atoms with E-state index in [4.69, 9.17) is 11.6 Å². The van der Waals surface area contributed by atoms with Crippen LogP contribution in [-0.4, -0.2) is 16.0 Å². The molecule has 0 spiro atoms. The van der Waals surface area contributed by atoms with E-state index in [1.807, 2.05) is 24.3 Å². The summed E-state index contributed by atoms with van der Waals surface area (Å²) in [4.78, 5) is 15.4. The van der Waals surface area contributed by atoms with Crippen LogP contribution in [0.15, 0.2) is 28.6 Å². The van der Waals surface area contributed by atoms with Crippen LogP contribution in [0.5, 0.6) is 0 Å². The van der Waals surface area contributed by atoms with Crippen LogP contribution in [-0.2, 0) is 4.79 Å². The van der Waals surface area contributed by atoms with E-state index in [0.29, 0.717) is 0 Å². The highest BCUT2D eigenvalue weighted by atomic mass is 35.5.